The zero-order chi connectivity index (χ0) is 17.8. The van der Waals surface area contributed by atoms with E-state index in [2.05, 4.69) is 5.32 Å². The average Bonchev–Trinajstić information content (AvgIpc) is 2.61. The van der Waals surface area contributed by atoms with E-state index in [-0.39, 0.29) is 0 Å². The molecule has 2 aromatic carbocycles. The molecule has 4 nitrogen and oxygen atoms in total. The van der Waals surface area contributed by atoms with Gasteiger partial charge in [0.25, 0.3) is 0 Å². The Morgan fingerprint density at radius 3 is 2.72 bits per heavy atom. The van der Waals surface area contributed by atoms with E-state index in [1.807, 2.05) is 36.4 Å². The molecule has 132 valence electrons. The molecule has 1 unspecified atom stereocenters. The minimum atomic E-state index is -0.591. The van der Waals surface area contributed by atoms with Crippen LogP contribution < -0.4 is 14.8 Å². The number of halogens is 2. The number of ether oxygens (including phenoxy) is 2. The predicted octanol–water partition coefficient (Wildman–Crippen LogP) is 4.10. The first-order valence-corrected chi connectivity index (χ1v) is 8.66. The quantitative estimate of drug-likeness (QED) is 0.792. The zero-order valence-electron chi connectivity index (χ0n) is 13.8. The summed E-state index contributed by atoms with van der Waals surface area (Å²) in [6, 6.07) is 10.9. The predicted molar refractivity (Wildman–Crippen MR) is 101 cm³/mol. The van der Waals surface area contributed by atoms with Crippen molar-refractivity contribution in [1.82, 2.24) is 5.32 Å². The van der Waals surface area contributed by atoms with Gasteiger partial charge in [0, 0.05) is 23.7 Å². The molecule has 1 aliphatic rings. The summed E-state index contributed by atoms with van der Waals surface area (Å²) in [5, 5.41) is 14.6. The lowest BCUT2D eigenvalue weighted by Gasteiger charge is -2.20. The van der Waals surface area contributed by atoms with Crippen LogP contribution in [-0.4, -0.2) is 31.9 Å². The summed E-state index contributed by atoms with van der Waals surface area (Å²) in [4.78, 5) is 0. The van der Waals surface area contributed by atoms with Gasteiger partial charge in [0.2, 0.25) is 0 Å². The number of aliphatic hydroxyl groups excluding tert-OH is 1. The molecule has 0 spiro atoms. The molecule has 1 heterocycles. The number of aliphatic hydroxyl groups is 1. The molecule has 25 heavy (non-hydrogen) atoms. The normalized spacial score (nSPS) is 14.3. The summed E-state index contributed by atoms with van der Waals surface area (Å²) in [5.74, 6) is 1.43. The zero-order valence-corrected chi connectivity index (χ0v) is 15.3. The van der Waals surface area contributed by atoms with Gasteiger partial charge in [-0.15, -0.1) is 0 Å². The Morgan fingerprint density at radius 2 is 2.00 bits per heavy atom. The van der Waals surface area contributed by atoms with Crippen molar-refractivity contribution < 1.29 is 14.6 Å². The van der Waals surface area contributed by atoms with Gasteiger partial charge in [0.05, 0.1) is 18.2 Å². The number of nitrogens with one attached hydrogen (secondary N) is 1. The fourth-order valence-corrected chi connectivity index (χ4v) is 3.25. The van der Waals surface area contributed by atoms with E-state index < -0.39 is 6.10 Å². The van der Waals surface area contributed by atoms with E-state index in [1.165, 1.54) is 0 Å². The minimum absolute atomic E-state index is 0.437. The van der Waals surface area contributed by atoms with Gasteiger partial charge in [-0.25, -0.2) is 0 Å². The Hall–Kier alpha value is -1.72. The SMILES string of the molecule is COc1ccc(C(O)CNCC2=Cc3cc(Cl)cc(Cl)c3OC2)cc1. The lowest BCUT2D eigenvalue weighted by molar-refractivity contribution is 0.175. The van der Waals surface area contributed by atoms with Gasteiger partial charge in [-0.3, -0.25) is 0 Å². The van der Waals surface area contributed by atoms with Gasteiger partial charge in [-0.05, 0) is 41.5 Å². The van der Waals surface area contributed by atoms with Gasteiger partial charge in [0.1, 0.15) is 18.1 Å². The van der Waals surface area contributed by atoms with Crippen LogP contribution in [0, 0.1) is 0 Å². The van der Waals surface area contributed by atoms with Gasteiger partial charge in [0.15, 0.2) is 0 Å². The molecule has 0 amide bonds. The van der Waals surface area contributed by atoms with Crippen LogP contribution in [-0.2, 0) is 0 Å². The molecular formula is C19H19Cl2NO3. The smallest absolute Gasteiger partial charge is 0.145 e. The van der Waals surface area contributed by atoms with E-state index in [0.717, 1.165) is 22.4 Å². The van der Waals surface area contributed by atoms with Gasteiger partial charge < -0.3 is 19.9 Å². The average molecular weight is 380 g/mol. The van der Waals surface area contributed by atoms with E-state index in [4.69, 9.17) is 32.7 Å². The Morgan fingerprint density at radius 1 is 1.24 bits per heavy atom. The second-order valence-electron chi connectivity index (χ2n) is 5.82. The second kappa shape index (κ2) is 8.11. The number of hydrogen-bond donors (Lipinski definition) is 2. The molecule has 0 fully saturated rings. The van der Waals surface area contributed by atoms with E-state index >= 15 is 0 Å². The van der Waals surface area contributed by atoms with Crippen molar-refractivity contribution in [2.24, 2.45) is 0 Å². The third kappa shape index (κ3) is 4.47. The number of hydrogen-bond acceptors (Lipinski definition) is 4. The number of rotatable bonds is 6. The minimum Gasteiger partial charge on any atom is -0.497 e. The molecule has 0 saturated heterocycles. The third-order valence-electron chi connectivity index (χ3n) is 3.99. The molecule has 3 rings (SSSR count). The van der Waals surface area contributed by atoms with Crippen molar-refractivity contribution in [3.05, 3.63) is 63.1 Å². The standard InChI is InChI=1S/C19H19Cl2NO3/c1-24-16-4-2-13(3-5-16)18(23)10-22-9-12-6-14-7-15(20)8-17(21)19(14)25-11-12/h2-8,18,22-23H,9-11H2,1H3. The van der Waals surface area contributed by atoms with Crippen LogP contribution in [0.25, 0.3) is 6.08 Å². The first-order chi connectivity index (χ1) is 12.1. The largest absolute Gasteiger partial charge is 0.497 e. The molecule has 0 saturated carbocycles. The summed E-state index contributed by atoms with van der Waals surface area (Å²) in [5.41, 5.74) is 2.77. The first kappa shape index (κ1) is 18.1. The summed E-state index contributed by atoms with van der Waals surface area (Å²) < 4.78 is 10.8. The lowest BCUT2D eigenvalue weighted by atomic mass is 10.1. The summed E-state index contributed by atoms with van der Waals surface area (Å²) in [6.45, 7) is 1.50. The van der Waals surface area contributed by atoms with Crippen molar-refractivity contribution >= 4 is 29.3 Å². The highest BCUT2D eigenvalue weighted by Gasteiger charge is 2.16. The number of benzene rings is 2. The Kier molecular flexibility index (Phi) is 5.86. The first-order valence-electron chi connectivity index (χ1n) is 7.91. The van der Waals surface area contributed by atoms with Gasteiger partial charge >= 0.3 is 0 Å². The van der Waals surface area contributed by atoms with Gasteiger partial charge in [-0.1, -0.05) is 35.3 Å². The third-order valence-corrected chi connectivity index (χ3v) is 4.49. The second-order valence-corrected chi connectivity index (χ2v) is 6.66. The number of fused-ring (bicyclic) bond motifs is 1. The van der Waals surface area contributed by atoms with Gasteiger partial charge in [-0.2, -0.15) is 0 Å². The van der Waals surface area contributed by atoms with E-state index in [1.54, 1.807) is 13.2 Å². The molecule has 1 atom stereocenters. The molecule has 6 heteroatoms. The van der Waals surface area contributed by atoms with Crippen molar-refractivity contribution in [3.63, 3.8) is 0 Å². The highest BCUT2D eigenvalue weighted by atomic mass is 35.5. The molecule has 0 aliphatic carbocycles. The van der Waals surface area contributed by atoms with Crippen LogP contribution in [0.15, 0.2) is 42.0 Å². The summed E-state index contributed by atoms with van der Waals surface area (Å²) >= 11 is 12.2. The van der Waals surface area contributed by atoms with Crippen LogP contribution in [0.5, 0.6) is 11.5 Å². The highest BCUT2D eigenvalue weighted by Crippen LogP contribution is 2.36. The molecule has 1 aliphatic heterocycles. The van der Waals surface area contributed by atoms with Crippen LogP contribution in [0.4, 0.5) is 0 Å². The summed E-state index contributed by atoms with van der Waals surface area (Å²) in [6.07, 6.45) is 1.43. The maximum atomic E-state index is 10.3. The van der Waals surface area contributed by atoms with E-state index in [9.17, 15) is 5.11 Å². The fourth-order valence-electron chi connectivity index (χ4n) is 2.68. The monoisotopic (exact) mass is 379 g/mol. The topological polar surface area (TPSA) is 50.7 Å². The van der Waals surface area contributed by atoms with Crippen molar-refractivity contribution in [2.75, 3.05) is 26.8 Å². The maximum absolute atomic E-state index is 10.3. The van der Waals surface area contributed by atoms with Crippen LogP contribution >= 0.6 is 23.2 Å². The molecule has 2 N–H and O–H groups in total. The van der Waals surface area contributed by atoms with Crippen LogP contribution in [0.1, 0.15) is 17.2 Å². The summed E-state index contributed by atoms with van der Waals surface area (Å²) in [7, 11) is 1.62. The van der Waals surface area contributed by atoms with Crippen molar-refractivity contribution in [2.45, 2.75) is 6.10 Å². The molecular weight excluding hydrogens is 361 g/mol. The maximum Gasteiger partial charge on any atom is 0.145 e. The Balaban J connectivity index is 1.57. The lowest BCUT2D eigenvalue weighted by Crippen LogP contribution is -2.26. The molecule has 2 aromatic rings. The number of methoxy groups -OCH3 is 1. The fraction of sp³-hybridized carbons (Fsp3) is 0.263. The highest BCUT2D eigenvalue weighted by molar-refractivity contribution is 6.36. The molecule has 0 radical (unpaired) electrons. The molecule has 0 bridgehead atoms. The van der Waals surface area contributed by atoms with Crippen molar-refractivity contribution in [3.8, 4) is 11.5 Å². The Labute approximate surface area is 157 Å². The van der Waals surface area contributed by atoms with Crippen LogP contribution in [0.2, 0.25) is 10.0 Å². The van der Waals surface area contributed by atoms with E-state index in [0.29, 0.717) is 35.5 Å². The van der Waals surface area contributed by atoms with Crippen LogP contribution in [0.3, 0.4) is 0 Å². The molecule has 0 aromatic heterocycles. The van der Waals surface area contributed by atoms with Crippen molar-refractivity contribution in [1.29, 1.82) is 0 Å². The Bertz CT molecular complexity index is 775.